The monoisotopic (exact) mass is 247 g/mol. The Balaban J connectivity index is 1.97. The molecule has 0 radical (unpaired) electrons. The molecule has 5 heteroatoms. The van der Waals surface area contributed by atoms with Crippen molar-refractivity contribution in [3.63, 3.8) is 0 Å². The number of nitrogen functional groups attached to an aromatic ring is 1. The molecule has 2 rings (SSSR count). The normalized spacial score (nSPS) is 10.2. The number of nitrogens with one attached hydrogen (secondary N) is 1. The first-order chi connectivity index (χ1) is 8.15. The molecule has 1 aromatic carbocycles. The SMILES string of the molecule is CC(=O)c1ccc(NCc2csc(N)n2)cc1. The van der Waals surface area contributed by atoms with E-state index in [0.717, 1.165) is 11.4 Å². The van der Waals surface area contributed by atoms with Gasteiger partial charge in [0.1, 0.15) is 0 Å². The zero-order valence-electron chi connectivity index (χ0n) is 9.43. The maximum Gasteiger partial charge on any atom is 0.180 e. The van der Waals surface area contributed by atoms with Gasteiger partial charge in [-0.05, 0) is 31.2 Å². The fourth-order valence-electron chi connectivity index (χ4n) is 1.42. The Morgan fingerprint density at radius 2 is 2.12 bits per heavy atom. The lowest BCUT2D eigenvalue weighted by Gasteiger charge is -2.04. The van der Waals surface area contributed by atoms with E-state index in [4.69, 9.17) is 5.73 Å². The molecule has 0 saturated carbocycles. The van der Waals surface area contributed by atoms with Crippen LogP contribution in [0.25, 0.3) is 0 Å². The summed E-state index contributed by atoms with van der Waals surface area (Å²) in [5.74, 6) is 0.0730. The van der Waals surface area contributed by atoms with Crippen LogP contribution in [0.4, 0.5) is 10.8 Å². The standard InChI is InChI=1S/C12H13N3OS/c1-8(16)9-2-4-10(5-3-9)14-6-11-7-17-12(13)15-11/h2-5,7,14H,6H2,1H3,(H2,13,15). The highest BCUT2D eigenvalue weighted by Crippen LogP contribution is 2.14. The van der Waals surface area contributed by atoms with Gasteiger partial charge < -0.3 is 11.1 Å². The maximum absolute atomic E-state index is 11.1. The predicted octanol–water partition coefficient (Wildman–Crippen LogP) is 2.54. The zero-order valence-corrected chi connectivity index (χ0v) is 10.3. The number of hydrogen-bond donors (Lipinski definition) is 2. The molecule has 0 fully saturated rings. The summed E-state index contributed by atoms with van der Waals surface area (Å²) in [7, 11) is 0. The molecule has 0 saturated heterocycles. The molecule has 0 aliphatic heterocycles. The second-order valence-electron chi connectivity index (χ2n) is 3.66. The van der Waals surface area contributed by atoms with Gasteiger partial charge in [-0.3, -0.25) is 4.79 Å². The third-order valence-corrected chi connectivity index (χ3v) is 3.06. The van der Waals surface area contributed by atoms with Crippen LogP contribution in [-0.2, 0) is 6.54 Å². The highest BCUT2D eigenvalue weighted by atomic mass is 32.1. The number of anilines is 2. The highest BCUT2D eigenvalue weighted by molar-refractivity contribution is 7.13. The zero-order chi connectivity index (χ0) is 12.3. The summed E-state index contributed by atoms with van der Waals surface area (Å²) in [6.45, 7) is 2.19. The van der Waals surface area contributed by atoms with Crippen molar-refractivity contribution in [2.75, 3.05) is 11.1 Å². The fourth-order valence-corrected chi connectivity index (χ4v) is 1.98. The number of rotatable bonds is 4. The molecule has 1 aromatic heterocycles. The minimum atomic E-state index is 0.0730. The van der Waals surface area contributed by atoms with Crippen molar-refractivity contribution in [3.05, 3.63) is 40.9 Å². The first-order valence-electron chi connectivity index (χ1n) is 5.20. The van der Waals surface area contributed by atoms with Crippen molar-refractivity contribution in [3.8, 4) is 0 Å². The summed E-state index contributed by atoms with van der Waals surface area (Å²) >= 11 is 1.43. The van der Waals surface area contributed by atoms with Crippen LogP contribution in [0, 0.1) is 0 Å². The summed E-state index contributed by atoms with van der Waals surface area (Å²) in [5.41, 5.74) is 8.14. The summed E-state index contributed by atoms with van der Waals surface area (Å²) in [6.07, 6.45) is 0. The number of benzene rings is 1. The minimum Gasteiger partial charge on any atom is -0.379 e. The number of aromatic nitrogens is 1. The molecule has 4 nitrogen and oxygen atoms in total. The molecule has 0 amide bonds. The molecule has 2 aromatic rings. The number of carbonyl (C=O) groups excluding carboxylic acids is 1. The molecule has 0 aliphatic rings. The van der Waals surface area contributed by atoms with Crippen LogP contribution in [0.1, 0.15) is 23.0 Å². The molecular formula is C12H13N3OS. The Bertz CT molecular complexity index is 519. The van der Waals surface area contributed by atoms with Gasteiger partial charge in [0.2, 0.25) is 0 Å². The lowest BCUT2D eigenvalue weighted by molar-refractivity contribution is 0.101. The van der Waals surface area contributed by atoms with Crippen molar-refractivity contribution in [2.45, 2.75) is 13.5 Å². The van der Waals surface area contributed by atoms with E-state index in [1.807, 2.05) is 17.5 Å². The van der Waals surface area contributed by atoms with Gasteiger partial charge in [-0.25, -0.2) is 4.98 Å². The van der Waals surface area contributed by atoms with Gasteiger partial charge in [0.15, 0.2) is 10.9 Å². The molecule has 88 valence electrons. The summed E-state index contributed by atoms with van der Waals surface area (Å²) < 4.78 is 0. The number of thiazole rings is 1. The van der Waals surface area contributed by atoms with Crippen LogP contribution in [0.2, 0.25) is 0 Å². The van der Waals surface area contributed by atoms with E-state index in [2.05, 4.69) is 10.3 Å². The Hall–Kier alpha value is -1.88. The van der Waals surface area contributed by atoms with Gasteiger partial charge in [-0.15, -0.1) is 11.3 Å². The first-order valence-corrected chi connectivity index (χ1v) is 6.08. The smallest absolute Gasteiger partial charge is 0.180 e. The van der Waals surface area contributed by atoms with Gasteiger partial charge in [0.05, 0.1) is 12.2 Å². The van der Waals surface area contributed by atoms with Gasteiger partial charge in [0.25, 0.3) is 0 Å². The number of carbonyl (C=O) groups is 1. The topological polar surface area (TPSA) is 68.0 Å². The van der Waals surface area contributed by atoms with Crippen molar-refractivity contribution in [1.82, 2.24) is 4.98 Å². The molecule has 0 atom stereocenters. The van der Waals surface area contributed by atoms with Gasteiger partial charge >= 0.3 is 0 Å². The van der Waals surface area contributed by atoms with Crippen molar-refractivity contribution in [1.29, 1.82) is 0 Å². The van der Waals surface area contributed by atoms with Gasteiger partial charge in [-0.2, -0.15) is 0 Å². The molecule has 0 spiro atoms. The number of nitrogens with two attached hydrogens (primary N) is 1. The Kier molecular flexibility index (Phi) is 3.39. The predicted molar refractivity (Wildman–Crippen MR) is 70.3 cm³/mol. The molecule has 1 heterocycles. The van der Waals surface area contributed by atoms with E-state index in [-0.39, 0.29) is 5.78 Å². The van der Waals surface area contributed by atoms with Crippen molar-refractivity contribution >= 4 is 27.9 Å². The summed E-state index contributed by atoms with van der Waals surface area (Å²) in [6, 6.07) is 7.37. The largest absolute Gasteiger partial charge is 0.379 e. The van der Waals surface area contributed by atoms with Gasteiger partial charge in [0, 0.05) is 16.6 Å². The number of hydrogen-bond acceptors (Lipinski definition) is 5. The first kappa shape index (κ1) is 11.6. The summed E-state index contributed by atoms with van der Waals surface area (Å²) in [4.78, 5) is 15.2. The van der Waals surface area contributed by atoms with Crippen LogP contribution in [0.5, 0.6) is 0 Å². The second kappa shape index (κ2) is 4.97. The van der Waals surface area contributed by atoms with Crippen LogP contribution in [0.3, 0.4) is 0 Å². The molecule has 0 bridgehead atoms. The molecule has 17 heavy (non-hydrogen) atoms. The third-order valence-electron chi connectivity index (χ3n) is 2.33. The highest BCUT2D eigenvalue weighted by Gasteiger charge is 2.00. The van der Waals surface area contributed by atoms with Crippen LogP contribution in [0.15, 0.2) is 29.6 Å². The summed E-state index contributed by atoms with van der Waals surface area (Å²) in [5, 5.41) is 5.72. The average Bonchev–Trinajstić information content (AvgIpc) is 2.73. The fraction of sp³-hybridized carbons (Fsp3) is 0.167. The van der Waals surface area contributed by atoms with Crippen LogP contribution < -0.4 is 11.1 Å². The van der Waals surface area contributed by atoms with Crippen molar-refractivity contribution < 1.29 is 4.79 Å². The van der Waals surface area contributed by atoms with Crippen LogP contribution in [-0.4, -0.2) is 10.8 Å². The van der Waals surface area contributed by atoms with E-state index in [0.29, 0.717) is 17.2 Å². The Morgan fingerprint density at radius 3 is 2.65 bits per heavy atom. The molecule has 0 unspecified atom stereocenters. The molecule has 3 N–H and O–H groups in total. The minimum absolute atomic E-state index is 0.0730. The van der Waals surface area contributed by atoms with E-state index in [1.165, 1.54) is 11.3 Å². The maximum atomic E-state index is 11.1. The number of ketones is 1. The number of nitrogens with zero attached hydrogens (tertiary/aromatic N) is 1. The van der Waals surface area contributed by atoms with E-state index >= 15 is 0 Å². The van der Waals surface area contributed by atoms with E-state index in [1.54, 1.807) is 19.1 Å². The number of Topliss-reactive ketones (excluding diaryl/α,β-unsaturated/α-hetero) is 1. The Morgan fingerprint density at radius 1 is 1.41 bits per heavy atom. The van der Waals surface area contributed by atoms with Gasteiger partial charge in [-0.1, -0.05) is 0 Å². The van der Waals surface area contributed by atoms with Crippen LogP contribution >= 0.6 is 11.3 Å². The lowest BCUT2D eigenvalue weighted by Crippen LogP contribution is -2.00. The van der Waals surface area contributed by atoms with Crippen molar-refractivity contribution in [2.24, 2.45) is 0 Å². The Labute approximate surface area is 103 Å². The molecular weight excluding hydrogens is 234 g/mol. The second-order valence-corrected chi connectivity index (χ2v) is 4.55. The third kappa shape index (κ3) is 3.04. The average molecular weight is 247 g/mol. The molecule has 0 aliphatic carbocycles. The lowest BCUT2D eigenvalue weighted by atomic mass is 10.1. The van der Waals surface area contributed by atoms with E-state index in [9.17, 15) is 4.79 Å². The van der Waals surface area contributed by atoms with E-state index < -0.39 is 0 Å². The quantitative estimate of drug-likeness (QED) is 0.815.